The minimum absolute atomic E-state index is 0.0854. The fraction of sp³-hybridized carbons (Fsp3) is 0.846. The van der Waals surface area contributed by atoms with Crippen LogP contribution >= 0.6 is 0 Å². The lowest BCUT2D eigenvalue weighted by molar-refractivity contribution is -0.140. The molecule has 1 atom stereocenters. The van der Waals surface area contributed by atoms with Crippen molar-refractivity contribution in [1.29, 1.82) is 0 Å². The highest BCUT2D eigenvalue weighted by Crippen LogP contribution is 2.19. The van der Waals surface area contributed by atoms with Gasteiger partial charge in [0.2, 0.25) is 5.91 Å². The second kappa shape index (κ2) is 6.73. The van der Waals surface area contributed by atoms with Gasteiger partial charge in [0.25, 0.3) is 0 Å². The number of hydrogen-bond donors (Lipinski definition) is 1. The molecule has 0 radical (unpaired) electrons. The van der Waals surface area contributed by atoms with E-state index in [-0.39, 0.29) is 24.3 Å². The van der Waals surface area contributed by atoms with E-state index in [1.807, 2.05) is 25.8 Å². The maximum Gasteiger partial charge on any atom is 0.303 e. The topological polar surface area (TPSA) is 60.9 Å². The average molecular weight is 256 g/mol. The monoisotopic (exact) mass is 256 g/mol. The Kier molecular flexibility index (Phi) is 5.59. The molecule has 0 aromatic carbocycles. The Balaban J connectivity index is 2.50. The average Bonchev–Trinajstić information content (AvgIpc) is 2.69. The highest BCUT2D eigenvalue weighted by molar-refractivity contribution is 5.79. The molecule has 0 bridgehead atoms. The Morgan fingerprint density at radius 1 is 1.44 bits per heavy atom. The van der Waals surface area contributed by atoms with E-state index in [4.69, 9.17) is 5.11 Å². The Hall–Kier alpha value is -1.10. The number of carboxylic acids is 1. The van der Waals surface area contributed by atoms with E-state index >= 15 is 0 Å². The van der Waals surface area contributed by atoms with Gasteiger partial charge in [-0.1, -0.05) is 0 Å². The van der Waals surface area contributed by atoms with E-state index < -0.39 is 5.97 Å². The molecular formula is C13H24N2O3. The van der Waals surface area contributed by atoms with Crippen LogP contribution in [0.5, 0.6) is 0 Å². The van der Waals surface area contributed by atoms with Crippen molar-refractivity contribution < 1.29 is 14.7 Å². The van der Waals surface area contributed by atoms with Crippen LogP contribution in [0.25, 0.3) is 0 Å². The molecule has 1 aliphatic rings. The smallest absolute Gasteiger partial charge is 0.303 e. The molecule has 1 unspecified atom stereocenters. The molecule has 1 heterocycles. The largest absolute Gasteiger partial charge is 0.481 e. The molecule has 1 saturated heterocycles. The highest BCUT2D eigenvalue weighted by atomic mass is 16.4. The summed E-state index contributed by atoms with van der Waals surface area (Å²) in [6.07, 6.45) is 1.57. The number of aliphatic carboxylic acids is 1. The third-order valence-electron chi connectivity index (χ3n) is 3.44. The maximum absolute atomic E-state index is 12.4. The summed E-state index contributed by atoms with van der Waals surface area (Å²) in [6, 6.07) is 0.136. The lowest BCUT2D eigenvalue weighted by Gasteiger charge is -2.29. The molecule has 0 aromatic rings. The van der Waals surface area contributed by atoms with Crippen LogP contribution < -0.4 is 0 Å². The predicted octanol–water partition coefficient (Wildman–Crippen LogP) is 1.04. The zero-order valence-electron chi connectivity index (χ0n) is 11.6. The van der Waals surface area contributed by atoms with E-state index in [1.54, 1.807) is 0 Å². The normalized spacial score (nSPS) is 20.3. The third-order valence-corrected chi connectivity index (χ3v) is 3.44. The summed E-state index contributed by atoms with van der Waals surface area (Å²) >= 11 is 0. The first-order chi connectivity index (χ1) is 8.41. The van der Waals surface area contributed by atoms with Gasteiger partial charge in [-0.3, -0.25) is 9.59 Å². The van der Waals surface area contributed by atoms with Crippen LogP contribution in [0.4, 0.5) is 0 Å². The molecule has 1 aliphatic heterocycles. The van der Waals surface area contributed by atoms with Gasteiger partial charge in [-0.05, 0) is 40.3 Å². The van der Waals surface area contributed by atoms with E-state index in [2.05, 4.69) is 4.90 Å². The van der Waals surface area contributed by atoms with Crippen molar-refractivity contribution in [2.24, 2.45) is 5.92 Å². The zero-order chi connectivity index (χ0) is 13.7. The Labute approximate surface area is 109 Å². The molecule has 0 aliphatic carbocycles. The van der Waals surface area contributed by atoms with Gasteiger partial charge < -0.3 is 14.9 Å². The van der Waals surface area contributed by atoms with Gasteiger partial charge in [-0.25, -0.2) is 0 Å². The van der Waals surface area contributed by atoms with Crippen LogP contribution in [-0.4, -0.2) is 59.5 Å². The first-order valence-electron chi connectivity index (χ1n) is 6.62. The number of carboxylic acid groups (broad SMARTS) is 1. The summed E-state index contributed by atoms with van der Waals surface area (Å²) in [4.78, 5) is 26.9. The summed E-state index contributed by atoms with van der Waals surface area (Å²) in [7, 11) is 2.03. The molecular weight excluding hydrogens is 232 g/mol. The van der Waals surface area contributed by atoms with E-state index in [1.165, 1.54) is 0 Å². The molecule has 1 rings (SSSR count). The summed E-state index contributed by atoms with van der Waals surface area (Å²) < 4.78 is 0. The van der Waals surface area contributed by atoms with Crippen molar-refractivity contribution in [2.75, 3.05) is 26.7 Å². The number of hydrogen-bond acceptors (Lipinski definition) is 3. The first kappa shape index (κ1) is 15.0. The molecule has 18 heavy (non-hydrogen) atoms. The van der Waals surface area contributed by atoms with Crippen molar-refractivity contribution in [2.45, 2.75) is 39.2 Å². The number of likely N-dealkylation sites (tertiary alicyclic amines) is 1. The van der Waals surface area contributed by atoms with Gasteiger partial charge in [0.05, 0.1) is 5.92 Å². The van der Waals surface area contributed by atoms with Gasteiger partial charge in [0.15, 0.2) is 0 Å². The molecule has 104 valence electrons. The lowest BCUT2D eigenvalue weighted by Crippen LogP contribution is -2.42. The van der Waals surface area contributed by atoms with E-state index in [0.717, 1.165) is 19.5 Å². The maximum atomic E-state index is 12.4. The minimum atomic E-state index is -0.799. The molecule has 1 N–H and O–H groups in total. The van der Waals surface area contributed by atoms with Crippen molar-refractivity contribution in [3.8, 4) is 0 Å². The fourth-order valence-corrected chi connectivity index (χ4v) is 2.39. The molecule has 5 nitrogen and oxygen atoms in total. The Bertz CT molecular complexity index is 305. The predicted molar refractivity (Wildman–Crippen MR) is 69.3 cm³/mol. The van der Waals surface area contributed by atoms with Gasteiger partial charge in [-0.15, -0.1) is 0 Å². The van der Waals surface area contributed by atoms with Crippen molar-refractivity contribution >= 4 is 11.9 Å². The summed E-state index contributed by atoms with van der Waals surface area (Å²) in [5.41, 5.74) is 0. The Morgan fingerprint density at radius 2 is 2.11 bits per heavy atom. The minimum Gasteiger partial charge on any atom is -0.481 e. The number of rotatable bonds is 6. The Morgan fingerprint density at radius 3 is 2.56 bits per heavy atom. The van der Waals surface area contributed by atoms with Crippen LogP contribution in [0.3, 0.4) is 0 Å². The lowest BCUT2D eigenvalue weighted by atomic mass is 10.1. The number of carbonyl (C=O) groups excluding carboxylic acids is 1. The summed E-state index contributed by atoms with van der Waals surface area (Å²) in [5, 5.41) is 8.64. The number of nitrogens with zero attached hydrogens (tertiary/aromatic N) is 2. The van der Waals surface area contributed by atoms with Gasteiger partial charge in [0.1, 0.15) is 0 Å². The second-order valence-electron chi connectivity index (χ2n) is 5.37. The molecule has 0 spiro atoms. The summed E-state index contributed by atoms with van der Waals surface area (Å²) in [6.45, 7) is 6.30. The van der Waals surface area contributed by atoms with Crippen LogP contribution in [-0.2, 0) is 9.59 Å². The van der Waals surface area contributed by atoms with Gasteiger partial charge in [-0.2, -0.15) is 0 Å². The molecule has 0 aromatic heterocycles. The fourth-order valence-electron chi connectivity index (χ4n) is 2.39. The standard InChI is InChI=1S/C13H24N2O3/c1-10(2)15(7-4-5-12(16)17)13(18)11-6-8-14(3)9-11/h10-11H,4-9H2,1-3H3,(H,16,17). The highest BCUT2D eigenvalue weighted by Gasteiger charge is 2.30. The van der Waals surface area contributed by atoms with Crippen LogP contribution in [0.1, 0.15) is 33.1 Å². The van der Waals surface area contributed by atoms with Crippen LogP contribution in [0.15, 0.2) is 0 Å². The molecule has 5 heteroatoms. The van der Waals surface area contributed by atoms with Gasteiger partial charge >= 0.3 is 5.97 Å². The second-order valence-corrected chi connectivity index (χ2v) is 5.37. The van der Waals surface area contributed by atoms with E-state index in [0.29, 0.717) is 13.0 Å². The van der Waals surface area contributed by atoms with Crippen LogP contribution in [0.2, 0.25) is 0 Å². The zero-order valence-corrected chi connectivity index (χ0v) is 11.6. The van der Waals surface area contributed by atoms with Crippen molar-refractivity contribution in [3.05, 3.63) is 0 Å². The first-order valence-corrected chi connectivity index (χ1v) is 6.62. The number of carbonyl (C=O) groups is 2. The van der Waals surface area contributed by atoms with Crippen molar-refractivity contribution in [3.63, 3.8) is 0 Å². The quantitative estimate of drug-likeness (QED) is 0.771. The van der Waals surface area contributed by atoms with E-state index in [9.17, 15) is 9.59 Å². The third kappa shape index (κ3) is 4.29. The van der Waals surface area contributed by atoms with Gasteiger partial charge in [0, 0.05) is 25.6 Å². The molecule has 1 amide bonds. The summed E-state index contributed by atoms with van der Waals surface area (Å²) in [5.74, 6) is -0.534. The molecule has 1 fully saturated rings. The SMILES string of the molecule is CC(C)N(CCCC(=O)O)C(=O)C1CCN(C)C1. The van der Waals surface area contributed by atoms with Crippen LogP contribution in [0, 0.1) is 5.92 Å². The molecule has 0 saturated carbocycles. The van der Waals surface area contributed by atoms with Crippen molar-refractivity contribution in [1.82, 2.24) is 9.80 Å². The number of amides is 1.